The van der Waals surface area contributed by atoms with Gasteiger partial charge in [0, 0.05) is 46.8 Å². The van der Waals surface area contributed by atoms with Crippen molar-refractivity contribution in [3.63, 3.8) is 0 Å². The van der Waals surface area contributed by atoms with E-state index in [1.807, 2.05) is 41.3 Å². The molecule has 1 aliphatic heterocycles. The maximum Gasteiger partial charge on any atom is 0.256 e. The number of hydrogen-bond donors (Lipinski definition) is 1. The highest BCUT2D eigenvalue weighted by molar-refractivity contribution is 7.99. The van der Waals surface area contributed by atoms with Crippen LogP contribution in [0, 0.1) is 5.82 Å². The predicted molar refractivity (Wildman–Crippen MR) is 100 cm³/mol. The average molecular weight is 354 g/mol. The number of carbonyl (C=O) groups excluding carboxylic acids is 1. The summed E-state index contributed by atoms with van der Waals surface area (Å²) in [5, 5.41) is 1.05. The summed E-state index contributed by atoms with van der Waals surface area (Å²) in [5.41, 5.74) is 2.43. The summed E-state index contributed by atoms with van der Waals surface area (Å²) in [4.78, 5) is 18.0. The van der Waals surface area contributed by atoms with Gasteiger partial charge in [-0.1, -0.05) is 36.4 Å². The third-order valence-electron chi connectivity index (χ3n) is 4.70. The Labute approximate surface area is 150 Å². The molecule has 2 heterocycles. The number of nitrogens with one attached hydrogen (secondary N) is 1. The van der Waals surface area contributed by atoms with Gasteiger partial charge in [0.2, 0.25) is 0 Å². The molecule has 0 aliphatic carbocycles. The fraction of sp³-hybridized carbons (Fsp3) is 0.250. The van der Waals surface area contributed by atoms with Gasteiger partial charge in [-0.2, -0.15) is 11.8 Å². The molecule has 1 N–H and O–H groups in total. The molecule has 128 valence electrons. The fourth-order valence-corrected chi connectivity index (χ4v) is 4.63. The topological polar surface area (TPSA) is 36.1 Å². The number of H-pyrrole nitrogens is 1. The first kappa shape index (κ1) is 16.2. The summed E-state index contributed by atoms with van der Waals surface area (Å²) >= 11 is 1.73. The van der Waals surface area contributed by atoms with Crippen molar-refractivity contribution < 1.29 is 9.18 Å². The number of fused-ring (bicyclic) bond motifs is 1. The number of rotatable bonds is 2. The van der Waals surface area contributed by atoms with E-state index in [9.17, 15) is 9.18 Å². The first-order valence-corrected chi connectivity index (χ1v) is 9.50. The second-order valence-corrected chi connectivity index (χ2v) is 7.52. The molecule has 0 saturated carbocycles. The van der Waals surface area contributed by atoms with E-state index in [0.29, 0.717) is 18.7 Å². The number of hydrogen-bond acceptors (Lipinski definition) is 2. The second kappa shape index (κ2) is 6.92. The normalized spacial score (nSPS) is 18.3. The Morgan fingerprint density at radius 3 is 2.80 bits per heavy atom. The van der Waals surface area contributed by atoms with E-state index in [0.717, 1.165) is 28.6 Å². The number of amides is 1. The second-order valence-electron chi connectivity index (χ2n) is 6.21. The maximum absolute atomic E-state index is 14.1. The lowest BCUT2D eigenvalue weighted by molar-refractivity contribution is 0.0768. The smallest absolute Gasteiger partial charge is 0.256 e. The van der Waals surface area contributed by atoms with Crippen molar-refractivity contribution in [2.75, 3.05) is 18.8 Å². The van der Waals surface area contributed by atoms with Crippen LogP contribution >= 0.6 is 11.8 Å². The van der Waals surface area contributed by atoms with Crippen LogP contribution < -0.4 is 0 Å². The highest BCUT2D eigenvalue weighted by Gasteiger charge is 2.25. The van der Waals surface area contributed by atoms with E-state index >= 15 is 0 Å². The van der Waals surface area contributed by atoms with Crippen molar-refractivity contribution in [3.8, 4) is 0 Å². The van der Waals surface area contributed by atoms with Crippen molar-refractivity contribution in [3.05, 3.63) is 71.7 Å². The van der Waals surface area contributed by atoms with Gasteiger partial charge in [0.15, 0.2) is 0 Å². The lowest BCUT2D eigenvalue weighted by atomic mass is 10.1. The van der Waals surface area contributed by atoms with Crippen LogP contribution in [0.25, 0.3) is 10.9 Å². The van der Waals surface area contributed by atoms with Gasteiger partial charge in [-0.3, -0.25) is 4.79 Å². The Morgan fingerprint density at radius 2 is 1.92 bits per heavy atom. The molecular formula is C20H19FN2OS. The zero-order valence-corrected chi connectivity index (χ0v) is 14.6. The average Bonchev–Trinajstić information content (AvgIpc) is 2.91. The van der Waals surface area contributed by atoms with Gasteiger partial charge < -0.3 is 9.88 Å². The summed E-state index contributed by atoms with van der Waals surface area (Å²) < 4.78 is 14.1. The van der Waals surface area contributed by atoms with Gasteiger partial charge >= 0.3 is 0 Å². The number of aromatic nitrogens is 1. The summed E-state index contributed by atoms with van der Waals surface area (Å²) in [6.45, 7) is 1.33. The molecule has 1 aliphatic rings. The largest absolute Gasteiger partial charge is 0.360 e. The quantitative estimate of drug-likeness (QED) is 0.728. The molecule has 3 nitrogen and oxygen atoms in total. The summed E-state index contributed by atoms with van der Waals surface area (Å²) in [5.74, 6) is 0.705. The number of carbonyl (C=O) groups is 1. The third kappa shape index (κ3) is 3.16. The molecule has 4 rings (SSSR count). The molecular weight excluding hydrogens is 335 g/mol. The molecule has 1 aromatic heterocycles. The number of thioether (sulfide) groups is 1. The van der Waals surface area contributed by atoms with E-state index in [1.54, 1.807) is 24.0 Å². The van der Waals surface area contributed by atoms with Gasteiger partial charge in [-0.05, 0) is 18.6 Å². The predicted octanol–water partition coefficient (Wildman–Crippen LogP) is 4.63. The molecule has 1 amide bonds. The fourth-order valence-electron chi connectivity index (χ4n) is 3.38. The van der Waals surface area contributed by atoms with E-state index < -0.39 is 0 Å². The van der Waals surface area contributed by atoms with Crippen LogP contribution in [0.15, 0.2) is 54.7 Å². The van der Waals surface area contributed by atoms with E-state index in [-0.39, 0.29) is 17.0 Å². The Kier molecular flexibility index (Phi) is 4.49. The molecule has 0 spiro atoms. The third-order valence-corrected chi connectivity index (χ3v) is 6.01. The molecule has 2 aromatic carbocycles. The van der Waals surface area contributed by atoms with Crippen molar-refractivity contribution in [2.24, 2.45) is 0 Å². The molecule has 0 bridgehead atoms. The van der Waals surface area contributed by atoms with Crippen LogP contribution in [0.1, 0.15) is 27.6 Å². The first-order chi connectivity index (χ1) is 12.2. The van der Waals surface area contributed by atoms with Crippen LogP contribution in [0.4, 0.5) is 4.39 Å². The van der Waals surface area contributed by atoms with Crippen LogP contribution in [0.3, 0.4) is 0 Å². The molecule has 0 radical (unpaired) electrons. The Morgan fingerprint density at radius 1 is 1.12 bits per heavy atom. The molecule has 25 heavy (non-hydrogen) atoms. The number of benzene rings is 2. The number of para-hydroxylation sites is 1. The van der Waals surface area contributed by atoms with Gasteiger partial charge in [0.25, 0.3) is 5.91 Å². The minimum Gasteiger partial charge on any atom is -0.360 e. The van der Waals surface area contributed by atoms with Crippen LogP contribution in [-0.2, 0) is 0 Å². The van der Waals surface area contributed by atoms with E-state index in [2.05, 4.69) is 4.98 Å². The minimum absolute atomic E-state index is 0.0484. The summed E-state index contributed by atoms with van der Waals surface area (Å²) in [6.07, 6.45) is 2.55. The number of nitrogens with zero attached hydrogens (tertiary/aromatic N) is 1. The molecule has 0 unspecified atom stereocenters. The van der Waals surface area contributed by atoms with Crippen molar-refractivity contribution >= 4 is 28.6 Å². The molecule has 3 aromatic rings. The lowest BCUT2D eigenvalue weighted by Crippen LogP contribution is -2.32. The van der Waals surface area contributed by atoms with Crippen molar-refractivity contribution in [2.45, 2.75) is 11.7 Å². The zero-order chi connectivity index (χ0) is 17.2. The Bertz CT molecular complexity index is 907. The molecule has 5 heteroatoms. The van der Waals surface area contributed by atoms with Crippen LogP contribution in [-0.4, -0.2) is 34.6 Å². The van der Waals surface area contributed by atoms with Crippen LogP contribution in [0.5, 0.6) is 0 Å². The van der Waals surface area contributed by atoms with E-state index in [4.69, 9.17) is 0 Å². The van der Waals surface area contributed by atoms with Gasteiger partial charge in [-0.15, -0.1) is 0 Å². The number of halogens is 1. The van der Waals surface area contributed by atoms with Crippen LogP contribution in [0.2, 0.25) is 0 Å². The lowest BCUT2D eigenvalue weighted by Gasteiger charge is -2.20. The SMILES string of the molecule is O=C(c1c[nH]c2ccccc12)N1CCS[C@H](c2ccccc2F)CC1. The van der Waals surface area contributed by atoms with Gasteiger partial charge in [0.1, 0.15) is 5.82 Å². The standard InChI is InChI=1S/C20H19FN2OS/c21-17-7-3-1-6-15(17)19-9-10-23(11-12-25-19)20(24)16-13-22-18-8-4-2-5-14(16)18/h1-8,13,19,22H,9-12H2/t19-/m0/s1. The Hall–Kier alpha value is -2.27. The van der Waals surface area contributed by atoms with Gasteiger partial charge in [0.05, 0.1) is 5.56 Å². The zero-order valence-electron chi connectivity index (χ0n) is 13.7. The number of aromatic amines is 1. The monoisotopic (exact) mass is 354 g/mol. The Balaban J connectivity index is 1.53. The maximum atomic E-state index is 14.1. The summed E-state index contributed by atoms with van der Waals surface area (Å²) in [7, 11) is 0. The molecule has 1 atom stereocenters. The minimum atomic E-state index is -0.156. The van der Waals surface area contributed by atoms with E-state index in [1.165, 1.54) is 6.07 Å². The highest BCUT2D eigenvalue weighted by atomic mass is 32.2. The molecule has 1 saturated heterocycles. The van der Waals surface area contributed by atoms with Crippen molar-refractivity contribution in [1.82, 2.24) is 9.88 Å². The first-order valence-electron chi connectivity index (χ1n) is 8.45. The van der Waals surface area contributed by atoms with Gasteiger partial charge in [-0.25, -0.2) is 4.39 Å². The summed E-state index contributed by atoms with van der Waals surface area (Å²) in [6, 6.07) is 14.8. The molecule has 1 fully saturated rings. The van der Waals surface area contributed by atoms with Crippen molar-refractivity contribution in [1.29, 1.82) is 0 Å². The highest BCUT2D eigenvalue weighted by Crippen LogP contribution is 2.36.